The van der Waals surface area contributed by atoms with Crippen molar-refractivity contribution in [1.82, 2.24) is 10.2 Å². The van der Waals surface area contributed by atoms with E-state index in [1.807, 2.05) is 24.3 Å². The third-order valence-electron chi connectivity index (χ3n) is 4.50. The Kier molecular flexibility index (Phi) is 3.63. The number of halogens is 1. The highest BCUT2D eigenvalue weighted by molar-refractivity contribution is 9.10. The Balaban J connectivity index is 1.68. The molecule has 1 amide bonds. The third-order valence-corrected chi connectivity index (χ3v) is 4.99. The number of fused-ring (bicyclic) bond motifs is 1. The van der Waals surface area contributed by atoms with Gasteiger partial charge in [0.2, 0.25) is 5.91 Å². The molecule has 2 fully saturated rings. The second-order valence-electron chi connectivity index (χ2n) is 5.68. The normalized spacial score (nSPS) is 29.6. The fourth-order valence-corrected chi connectivity index (χ4v) is 3.87. The van der Waals surface area contributed by atoms with E-state index < -0.39 is 0 Å². The first kappa shape index (κ1) is 13.1. The molecule has 3 unspecified atom stereocenters. The van der Waals surface area contributed by atoms with Crippen LogP contribution in [0, 0.1) is 11.8 Å². The number of rotatable bonds is 2. The van der Waals surface area contributed by atoms with Crippen molar-refractivity contribution in [2.24, 2.45) is 11.8 Å². The zero-order valence-corrected chi connectivity index (χ0v) is 12.7. The van der Waals surface area contributed by atoms with Crippen molar-refractivity contribution in [3.8, 4) is 0 Å². The molecular weight excluding hydrogens is 304 g/mol. The number of hydrogen-bond acceptors (Lipinski definition) is 2. The van der Waals surface area contributed by atoms with Gasteiger partial charge < -0.3 is 10.2 Å². The van der Waals surface area contributed by atoms with Crippen LogP contribution in [0.1, 0.15) is 12.5 Å². The second-order valence-corrected chi connectivity index (χ2v) is 6.59. The van der Waals surface area contributed by atoms with Gasteiger partial charge in [-0.25, -0.2) is 0 Å². The summed E-state index contributed by atoms with van der Waals surface area (Å²) in [4.78, 5) is 14.5. The maximum Gasteiger partial charge on any atom is 0.227 e. The number of carbonyl (C=O) groups excluding carboxylic acids is 1. The first-order chi connectivity index (χ1) is 9.15. The molecule has 2 aliphatic rings. The minimum absolute atomic E-state index is 0.264. The molecule has 0 saturated carbocycles. The van der Waals surface area contributed by atoms with E-state index >= 15 is 0 Å². The molecule has 1 aromatic rings. The highest BCUT2D eigenvalue weighted by Crippen LogP contribution is 2.32. The summed E-state index contributed by atoms with van der Waals surface area (Å²) in [6.07, 6.45) is 0.511. The molecule has 19 heavy (non-hydrogen) atoms. The standard InChI is InChI=1S/C15H19BrN2O/c1-10-14-8-17-7-12(14)9-18(10)15(19)6-11-3-2-4-13(16)5-11/h2-5,10,12,14,17H,6-9H2,1H3. The minimum Gasteiger partial charge on any atom is -0.339 e. The van der Waals surface area contributed by atoms with Crippen LogP contribution in [0.3, 0.4) is 0 Å². The van der Waals surface area contributed by atoms with E-state index in [-0.39, 0.29) is 5.91 Å². The monoisotopic (exact) mass is 322 g/mol. The Morgan fingerprint density at radius 2 is 2.32 bits per heavy atom. The summed E-state index contributed by atoms with van der Waals surface area (Å²) < 4.78 is 1.04. The van der Waals surface area contributed by atoms with Gasteiger partial charge >= 0.3 is 0 Å². The van der Waals surface area contributed by atoms with Gasteiger partial charge in [-0.15, -0.1) is 0 Å². The molecule has 1 N–H and O–H groups in total. The fraction of sp³-hybridized carbons (Fsp3) is 0.533. The third kappa shape index (κ3) is 2.56. The molecule has 0 bridgehead atoms. The van der Waals surface area contributed by atoms with Gasteiger partial charge in [-0.05, 0) is 36.5 Å². The summed E-state index contributed by atoms with van der Waals surface area (Å²) in [7, 11) is 0. The number of nitrogens with one attached hydrogen (secondary N) is 1. The van der Waals surface area contributed by atoms with Gasteiger partial charge in [-0.1, -0.05) is 28.1 Å². The van der Waals surface area contributed by atoms with Gasteiger partial charge in [-0.2, -0.15) is 0 Å². The molecule has 0 aromatic heterocycles. The topological polar surface area (TPSA) is 32.3 Å². The van der Waals surface area contributed by atoms with Crippen molar-refractivity contribution in [2.75, 3.05) is 19.6 Å². The van der Waals surface area contributed by atoms with Crippen molar-refractivity contribution in [1.29, 1.82) is 0 Å². The van der Waals surface area contributed by atoms with E-state index in [1.54, 1.807) is 0 Å². The number of likely N-dealkylation sites (tertiary alicyclic amines) is 1. The van der Waals surface area contributed by atoms with Crippen LogP contribution in [0.25, 0.3) is 0 Å². The van der Waals surface area contributed by atoms with Gasteiger partial charge in [0.1, 0.15) is 0 Å². The van der Waals surface area contributed by atoms with Crippen molar-refractivity contribution in [3.63, 3.8) is 0 Å². The lowest BCUT2D eigenvalue weighted by atomic mass is 9.95. The molecule has 4 heteroatoms. The average Bonchev–Trinajstić information content (AvgIpc) is 2.93. The van der Waals surface area contributed by atoms with E-state index in [9.17, 15) is 4.79 Å². The quantitative estimate of drug-likeness (QED) is 0.904. The predicted molar refractivity (Wildman–Crippen MR) is 78.9 cm³/mol. The minimum atomic E-state index is 0.264. The summed E-state index contributed by atoms with van der Waals surface area (Å²) in [6, 6.07) is 8.40. The molecule has 3 atom stereocenters. The average molecular weight is 323 g/mol. The van der Waals surface area contributed by atoms with E-state index in [1.165, 1.54) is 0 Å². The van der Waals surface area contributed by atoms with Crippen LogP contribution in [0.4, 0.5) is 0 Å². The fourth-order valence-electron chi connectivity index (χ4n) is 3.42. The Morgan fingerprint density at radius 3 is 3.05 bits per heavy atom. The summed E-state index contributed by atoms with van der Waals surface area (Å²) in [6.45, 7) is 5.24. The molecular formula is C15H19BrN2O. The zero-order chi connectivity index (χ0) is 13.4. The van der Waals surface area contributed by atoms with Gasteiger partial charge in [0.15, 0.2) is 0 Å². The van der Waals surface area contributed by atoms with Crippen LogP contribution >= 0.6 is 15.9 Å². The predicted octanol–water partition coefficient (Wildman–Crippen LogP) is 2.06. The molecule has 3 rings (SSSR count). The lowest BCUT2D eigenvalue weighted by Gasteiger charge is -2.24. The van der Waals surface area contributed by atoms with Gasteiger partial charge in [-0.3, -0.25) is 4.79 Å². The molecule has 2 aliphatic heterocycles. The van der Waals surface area contributed by atoms with Crippen LogP contribution in [0.2, 0.25) is 0 Å². The number of nitrogens with zero attached hydrogens (tertiary/aromatic N) is 1. The second kappa shape index (κ2) is 5.25. The van der Waals surface area contributed by atoms with Crippen molar-refractivity contribution < 1.29 is 4.79 Å². The summed E-state index contributed by atoms with van der Waals surface area (Å²) >= 11 is 3.45. The van der Waals surface area contributed by atoms with E-state index in [4.69, 9.17) is 0 Å². The van der Waals surface area contributed by atoms with Gasteiger partial charge in [0, 0.05) is 30.1 Å². The molecule has 2 saturated heterocycles. The maximum atomic E-state index is 12.5. The first-order valence-electron chi connectivity index (χ1n) is 6.90. The zero-order valence-electron chi connectivity index (χ0n) is 11.1. The van der Waals surface area contributed by atoms with Crippen LogP contribution < -0.4 is 5.32 Å². The van der Waals surface area contributed by atoms with Crippen LogP contribution in [-0.2, 0) is 11.2 Å². The number of hydrogen-bond donors (Lipinski definition) is 1. The first-order valence-corrected chi connectivity index (χ1v) is 7.69. The molecule has 3 nitrogen and oxygen atoms in total. The van der Waals surface area contributed by atoms with Crippen LogP contribution in [-0.4, -0.2) is 36.5 Å². The number of amides is 1. The molecule has 102 valence electrons. The van der Waals surface area contributed by atoms with Crippen molar-refractivity contribution in [3.05, 3.63) is 34.3 Å². The molecule has 1 aromatic carbocycles. The number of carbonyl (C=O) groups is 1. The lowest BCUT2D eigenvalue weighted by molar-refractivity contribution is -0.131. The summed E-state index contributed by atoms with van der Waals surface area (Å²) in [5.41, 5.74) is 1.08. The Labute approximate surface area is 122 Å². The van der Waals surface area contributed by atoms with Crippen molar-refractivity contribution in [2.45, 2.75) is 19.4 Å². The van der Waals surface area contributed by atoms with Gasteiger partial charge in [0.05, 0.1) is 6.42 Å². The molecule has 0 radical (unpaired) electrons. The maximum absolute atomic E-state index is 12.5. The molecule has 2 heterocycles. The molecule has 0 aliphatic carbocycles. The Hall–Kier alpha value is -0.870. The SMILES string of the molecule is CC1C2CNCC2CN1C(=O)Cc1cccc(Br)c1. The Bertz CT molecular complexity index is 491. The van der Waals surface area contributed by atoms with Crippen LogP contribution in [0.15, 0.2) is 28.7 Å². The largest absolute Gasteiger partial charge is 0.339 e. The highest BCUT2D eigenvalue weighted by Gasteiger charge is 2.43. The van der Waals surface area contributed by atoms with Gasteiger partial charge in [0.25, 0.3) is 0 Å². The van der Waals surface area contributed by atoms with Crippen LogP contribution in [0.5, 0.6) is 0 Å². The summed E-state index contributed by atoms with van der Waals surface area (Å²) in [5.74, 6) is 1.56. The van der Waals surface area contributed by atoms with E-state index in [0.717, 1.165) is 29.7 Å². The van der Waals surface area contributed by atoms with E-state index in [2.05, 4.69) is 33.1 Å². The summed E-state index contributed by atoms with van der Waals surface area (Å²) in [5, 5.41) is 3.43. The van der Waals surface area contributed by atoms with E-state index in [0.29, 0.717) is 24.3 Å². The number of benzene rings is 1. The Morgan fingerprint density at radius 1 is 1.47 bits per heavy atom. The highest BCUT2D eigenvalue weighted by atomic mass is 79.9. The lowest BCUT2D eigenvalue weighted by Crippen LogP contribution is -2.38. The van der Waals surface area contributed by atoms with Crippen molar-refractivity contribution >= 4 is 21.8 Å². The smallest absolute Gasteiger partial charge is 0.227 e. The molecule has 0 spiro atoms.